The number of non-ortho nitro benzene ring substituents is 1. The molecule has 1 aromatic heterocycles. The minimum absolute atomic E-state index is 0.133. The minimum atomic E-state index is -0.449. The fourth-order valence-electron chi connectivity index (χ4n) is 7.19. The van der Waals surface area contributed by atoms with Crippen molar-refractivity contribution in [3.63, 3.8) is 0 Å². The number of hydrogen-bond acceptors (Lipinski definition) is 12. The van der Waals surface area contributed by atoms with E-state index in [1.807, 2.05) is 24.3 Å². The van der Waals surface area contributed by atoms with E-state index in [9.17, 15) is 10.1 Å². The molecule has 0 amide bonds. The van der Waals surface area contributed by atoms with Crippen molar-refractivity contribution in [2.24, 2.45) is 0 Å². The van der Waals surface area contributed by atoms with Crippen LogP contribution in [0.25, 0.3) is 11.0 Å². The molecule has 2 atom stereocenters. The van der Waals surface area contributed by atoms with E-state index in [4.69, 9.17) is 14.1 Å². The first kappa shape index (κ1) is 36.3. The van der Waals surface area contributed by atoms with Gasteiger partial charge in [-0.3, -0.25) is 19.9 Å². The lowest BCUT2D eigenvalue weighted by Gasteiger charge is -2.30. The van der Waals surface area contributed by atoms with Gasteiger partial charge in [0.2, 0.25) is 5.52 Å². The zero-order valence-corrected chi connectivity index (χ0v) is 30.1. The topological polar surface area (TPSA) is 134 Å². The largest absolute Gasteiger partial charge is 0.492 e. The lowest BCUT2D eigenvalue weighted by molar-refractivity contribution is -0.383. The molecule has 5 aromatic rings. The van der Waals surface area contributed by atoms with E-state index >= 15 is 0 Å². The SMILES string of the molecule is O=[N+]([O-])c1ccc(N2CCN3CCNCc4ccccc4CCCN(CCOc4ccccc4CNCC3)CCOc3ccccc3C2)c2nonc12. The third-order valence-electron chi connectivity index (χ3n) is 10.1. The Kier molecular flexibility index (Phi) is 12.4. The molecule has 13 nitrogen and oxygen atoms in total. The number of para-hydroxylation sites is 2. The highest BCUT2D eigenvalue weighted by Crippen LogP contribution is 2.33. The van der Waals surface area contributed by atoms with E-state index in [0.29, 0.717) is 38.4 Å². The van der Waals surface area contributed by atoms with Crippen molar-refractivity contribution in [2.75, 3.05) is 77.0 Å². The molecule has 2 unspecified atom stereocenters. The molecule has 3 aliphatic rings. The molecule has 3 aliphatic heterocycles. The van der Waals surface area contributed by atoms with E-state index in [-0.39, 0.29) is 11.2 Å². The van der Waals surface area contributed by atoms with Crippen molar-refractivity contribution in [1.82, 2.24) is 30.7 Å². The maximum atomic E-state index is 11.8. The van der Waals surface area contributed by atoms with Gasteiger partial charge in [0.15, 0.2) is 5.52 Å². The average molecular weight is 721 g/mol. The van der Waals surface area contributed by atoms with Crippen LogP contribution in [0.15, 0.2) is 89.6 Å². The van der Waals surface area contributed by atoms with Gasteiger partial charge in [-0.05, 0) is 59.0 Å². The fraction of sp³-hybridized carbons (Fsp3) is 0.400. The molecule has 2 N–H and O–H groups in total. The Balaban J connectivity index is 1.23. The second-order valence-corrected chi connectivity index (χ2v) is 13.6. The van der Waals surface area contributed by atoms with Crippen LogP contribution in [0.3, 0.4) is 0 Å². The number of aryl methyl sites for hydroxylation is 1. The highest BCUT2D eigenvalue weighted by Gasteiger charge is 2.24. The monoisotopic (exact) mass is 720 g/mol. The lowest BCUT2D eigenvalue weighted by atomic mass is 10.0. The van der Waals surface area contributed by atoms with Crippen LogP contribution in [0.2, 0.25) is 0 Å². The van der Waals surface area contributed by atoms with E-state index in [2.05, 4.69) is 84.2 Å². The predicted molar refractivity (Wildman–Crippen MR) is 204 cm³/mol. The second-order valence-electron chi connectivity index (χ2n) is 13.6. The van der Waals surface area contributed by atoms with Gasteiger partial charge >= 0.3 is 5.69 Å². The number of nitro benzene ring substituents is 1. The quantitative estimate of drug-likeness (QED) is 0.187. The molecule has 4 heterocycles. The van der Waals surface area contributed by atoms with Gasteiger partial charge in [0, 0.05) is 89.2 Å². The summed E-state index contributed by atoms with van der Waals surface area (Å²) < 4.78 is 18.0. The Bertz CT molecular complexity index is 1890. The lowest BCUT2D eigenvalue weighted by Crippen LogP contribution is -2.41. The zero-order chi connectivity index (χ0) is 36.2. The molecule has 53 heavy (non-hydrogen) atoms. The molecule has 0 spiro atoms. The maximum Gasteiger partial charge on any atom is 0.300 e. The van der Waals surface area contributed by atoms with E-state index in [1.165, 1.54) is 17.2 Å². The second kappa shape index (κ2) is 18.1. The number of rotatable bonds is 2. The Hall–Kier alpha value is -5.08. The number of nitrogens with zero attached hydrogens (tertiary/aromatic N) is 6. The zero-order valence-electron chi connectivity index (χ0n) is 30.1. The van der Waals surface area contributed by atoms with Gasteiger partial charge in [-0.2, -0.15) is 0 Å². The van der Waals surface area contributed by atoms with Crippen LogP contribution < -0.4 is 25.0 Å². The molecule has 8 rings (SSSR count). The average Bonchev–Trinajstić information content (AvgIpc) is 3.67. The summed E-state index contributed by atoms with van der Waals surface area (Å²) in [5, 5.41) is 27.3. The van der Waals surface area contributed by atoms with Gasteiger partial charge in [-0.15, -0.1) is 0 Å². The highest BCUT2D eigenvalue weighted by atomic mass is 16.6. The standard InChI is InChI=1S/C40H48N8O5/c49-48(50)36-16-15-35(39-40(36)44-53-43-39)47-23-22-46-20-17-41-28-32-9-2-1-8-31(32)12-7-19-45(25-27-52-38-14-6-4-11-34(38)30-47)24-26-51-37-13-5-3-10-33(37)29-42-18-21-46/h1-6,8-11,13-16,41-42H,7,12,17-30H2. The van der Waals surface area contributed by atoms with Gasteiger partial charge < -0.3 is 25.0 Å². The number of ether oxygens (including phenoxy) is 2. The van der Waals surface area contributed by atoms with Gasteiger partial charge in [-0.1, -0.05) is 60.7 Å². The smallest absolute Gasteiger partial charge is 0.300 e. The Morgan fingerprint density at radius 2 is 1.23 bits per heavy atom. The first-order valence-electron chi connectivity index (χ1n) is 18.6. The Labute approximate surface area is 310 Å². The first-order valence-corrected chi connectivity index (χ1v) is 18.6. The minimum Gasteiger partial charge on any atom is -0.492 e. The molecule has 0 saturated heterocycles. The number of hydrogen-bond donors (Lipinski definition) is 2. The van der Waals surface area contributed by atoms with Crippen LogP contribution in [0.1, 0.15) is 28.7 Å². The van der Waals surface area contributed by atoms with Gasteiger partial charge in [0.25, 0.3) is 0 Å². The number of fused-ring (bicyclic) bond motifs is 16. The molecule has 0 aliphatic carbocycles. The van der Waals surface area contributed by atoms with Crippen molar-refractivity contribution < 1.29 is 19.0 Å². The summed E-state index contributed by atoms with van der Waals surface area (Å²) >= 11 is 0. The summed E-state index contributed by atoms with van der Waals surface area (Å²) in [5.74, 6) is 1.72. The van der Waals surface area contributed by atoms with Crippen LogP contribution in [0, 0.1) is 10.1 Å². The van der Waals surface area contributed by atoms with Crippen LogP contribution in [-0.2, 0) is 26.1 Å². The predicted octanol–water partition coefficient (Wildman–Crippen LogP) is 5.04. The summed E-state index contributed by atoms with van der Waals surface area (Å²) in [6.07, 6.45) is 2.03. The molecule has 4 aromatic carbocycles. The van der Waals surface area contributed by atoms with Crippen molar-refractivity contribution in [3.8, 4) is 11.5 Å². The van der Waals surface area contributed by atoms with Crippen LogP contribution >= 0.6 is 0 Å². The molecule has 13 heteroatoms. The van der Waals surface area contributed by atoms with Gasteiger partial charge in [-0.25, -0.2) is 4.63 Å². The third-order valence-corrected chi connectivity index (χ3v) is 10.1. The van der Waals surface area contributed by atoms with Crippen molar-refractivity contribution in [2.45, 2.75) is 32.5 Å². The molecule has 278 valence electrons. The van der Waals surface area contributed by atoms with Crippen LogP contribution in [0.5, 0.6) is 11.5 Å². The van der Waals surface area contributed by atoms with Gasteiger partial charge in [0.1, 0.15) is 24.7 Å². The summed E-state index contributed by atoms with van der Waals surface area (Å²) in [6.45, 7) is 10.2. The summed E-state index contributed by atoms with van der Waals surface area (Å²) in [4.78, 5) is 18.5. The highest BCUT2D eigenvalue weighted by molar-refractivity contribution is 5.93. The number of nitro groups is 1. The number of benzene rings is 4. The van der Waals surface area contributed by atoms with Crippen LogP contribution in [-0.4, -0.2) is 97.2 Å². The van der Waals surface area contributed by atoms with E-state index < -0.39 is 4.92 Å². The Morgan fingerprint density at radius 1 is 0.623 bits per heavy atom. The number of anilines is 1. The molecule has 0 radical (unpaired) electrons. The number of nitrogens with one attached hydrogen (secondary N) is 2. The van der Waals surface area contributed by atoms with Crippen molar-refractivity contribution in [1.29, 1.82) is 0 Å². The molecular formula is C40H48N8O5. The summed E-state index contributed by atoms with van der Waals surface area (Å²) in [5.41, 5.74) is 5.97. The molecule has 2 bridgehead atoms. The van der Waals surface area contributed by atoms with E-state index in [0.717, 1.165) is 100 Å². The summed E-state index contributed by atoms with van der Waals surface area (Å²) in [6, 6.07) is 28.4. The third kappa shape index (κ3) is 9.48. The summed E-state index contributed by atoms with van der Waals surface area (Å²) in [7, 11) is 0. The molecule has 0 fully saturated rings. The van der Waals surface area contributed by atoms with Crippen molar-refractivity contribution >= 4 is 22.4 Å². The molecule has 0 saturated carbocycles. The van der Waals surface area contributed by atoms with Crippen molar-refractivity contribution in [3.05, 3.63) is 117 Å². The number of aromatic nitrogens is 2. The molecular weight excluding hydrogens is 672 g/mol. The van der Waals surface area contributed by atoms with E-state index in [1.54, 1.807) is 6.07 Å². The maximum absolute atomic E-state index is 11.8. The first-order chi connectivity index (χ1) is 26.1. The normalized spacial score (nSPS) is 19.9. The van der Waals surface area contributed by atoms with Crippen LogP contribution in [0.4, 0.5) is 11.4 Å². The van der Waals surface area contributed by atoms with Gasteiger partial charge in [0.05, 0.1) is 10.6 Å². The fourth-order valence-corrected chi connectivity index (χ4v) is 7.19. The Morgan fingerprint density at radius 3 is 1.96 bits per heavy atom.